The molecule has 0 saturated heterocycles. The standard InChI is InChI=1S/C17H22N2O/c1-2-3-8-16(12-18)19-17(20)15-10-9-13-6-4-5-7-14(13)11-15/h4-7,9-11,16H,2-3,8,12,18H2,1H3,(H,19,20). The van der Waals surface area contributed by atoms with Gasteiger partial charge in [-0.15, -0.1) is 0 Å². The predicted octanol–water partition coefficient (Wildman–Crippen LogP) is 3.09. The Morgan fingerprint density at radius 1 is 1.20 bits per heavy atom. The average Bonchev–Trinajstić information content (AvgIpc) is 2.50. The van der Waals surface area contributed by atoms with E-state index >= 15 is 0 Å². The first-order chi connectivity index (χ1) is 9.74. The first-order valence-electron chi connectivity index (χ1n) is 7.24. The Balaban J connectivity index is 2.10. The average molecular weight is 270 g/mol. The van der Waals surface area contributed by atoms with Crippen LogP contribution in [0.3, 0.4) is 0 Å². The quantitative estimate of drug-likeness (QED) is 0.847. The van der Waals surface area contributed by atoms with E-state index in [-0.39, 0.29) is 11.9 Å². The fourth-order valence-corrected chi connectivity index (χ4v) is 2.30. The lowest BCUT2D eigenvalue weighted by atomic mass is 10.1. The van der Waals surface area contributed by atoms with Crippen molar-refractivity contribution in [2.75, 3.05) is 6.54 Å². The van der Waals surface area contributed by atoms with Gasteiger partial charge in [0.1, 0.15) is 0 Å². The molecule has 2 rings (SSSR count). The number of hydrogen-bond donors (Lipinski definition) is 2. The molecular weight excluding hydrogens is 248 g/mol. The summed E-state index contributed by atoms with van der Waals surface area (Å²) in [6, 6.07) is 13.9. The highest BCUT2D eigenvalue weighted by molar-refractivity contribution is 5.98. The summed E-state index contributed by atoms with van der Waals surface area (Å²) in [6.45, 7) is 2.62. The smallest absolute Gasteiger partial charge is 0.251 e. The molecule has 2 aromatic carbocycles. The molecule has 0 aliphatic heterocycles. The van der Waals surface area contributed by atoms with Gasteiger partial charge in [-0.1, -0.05) is 50.1 Å². The van der Waals surface area contributed by atoms with Crippen molar-refractivity contribution < 1.29 is 4.79 Å². The lowest BCUT2D eigenvalue weighted by molar-refractivity contribution is 0.0936. The lowest BCUT2D eigenvalue weighted by Gasteiger charge is -2.16. The summed E-state index contributed by atoms with van der Waals surface area (Å²) in [4.78, 5) is 12.3. The van der Waals surface area contributed by atoms with Gasteiger partial charge in [-0.2, -0.15) is 0 Å². The fourth-order valence-electron chi connectivity index (χ4n) is 2.30. The molecular formula is C17H22N2O. The van der Waals surface area contributed by atoms with Crippen LogP contribution in [0.1, 0.15) is 36.5 Å². The third kappa shape index (κ3) is 3.58. The maximum absolute atomic E-state index is 12.3. The Kier molecular flexibility index (Phi) is 5.13. The van der Waals surface area contributed by atoms with Crippen molar-refractivity contribution in [2.24, 2.45) is 5.73 Å². The van der Waals surface area contributed by atoms with E-state index < -0.39 is 0 Å². The molecule has 0 spiro atoms. The minimum Gasteiger partial charge on any atom is -0.348 e. The summed E-state index contributed by atoms with van der Waals surface area (Å²) >= 11 is 0. The molecule has 1 amide bonds. The topological polar surface area (TPSA) is 55.1 Å². The van der Waals surface area contributed by atoms with Gasteiger partial charge in [-0.3, -0.25) is 4.79 Å². The van der Waals surface area contributed by atoms with E-state index in [4.69, 9.17) is 5.73 Å². The van der Waals surface area contributed by atoms with Gasteiger partial charge in [-0.25, -0.2) is 0 Å². The SMILES string of the molecule is CCCCC(CN)NC(=O)c1ccc2ccccc2c1. The van der Waals surface area contributed by atoms with Crippen molar-refractivity contribution in [3.05, 3.63) is 48.0 Å². The van der Waals surface area contributed by atoms with E-state index in [1.807, 2.05) is 42.5 Å². The summed E-state index contributed by atoms with van der Waals surface area (Å²) in [7, 11) is 0. The Morgan fingerprint density at radius 2 is 1.95 bits per heavy atom. The second-order valence-electron chi connectivity index (χ2n) is 5.11. The number of fused-ring (bicyclic) bond motifs is 1. The van der Waals surface area contributed by atoms with Crippen LogP contribution in [0, 0.1) is 0 Å². The van der Waals surface area contributed by atoms with Crippen LogP contribution in [0.5, 0.6) is 0 Å². The molecule has 0 aromatic heterocycles. The van der Waals surface area contributed by atoms with Gasteiger partial charge in [0.25, 0.3) is 5.91 Å². The van der Waals surface area contributed by atoms with Gasteiger partial charge in [-0.05, 0) is 29.3 Å². The number of nitrogens with one attached hydrogen (secondary N) is 1. The summed E-state index contributed by atoms with van der Waals surface area (Å²) in [5.41, 5.74) is 6.41. The number of unbranched alkanes of at least 4 members (excludes halogenated alkanes) is 1. The highest BCUT2D eigenvalue weighted by Gasteiger charge is 2.12. The van der Waals surface area contributed by atoms with E-state index in [1.54, 1.807) is 0 Å². The minimum atomic E-state index is -0.0395. The van der Waals surface area contributed by atoms with Crippen LogP contribution in [0.15, 0.2) is 42.5 Å². The second-order valence-corrected chi connectivity index (χ2v) is 5.11. The first-order valence-corrected chi connectivity index (χ1v) is 7.24. The molecule has 3 heteroatoms. The van der Waals surface area contributed by atoms with E-state index in [2.05, 4.69) is 12.2 Å². The summed E-state index contributed by atoms with van der Waals surface area (Å²) in [6.07, 6.45) is 3.13. The molecule has 0 fully saturated rings. The van der Waals surface area contributed by atoms with E-state index in [0.717, 1.165) is 30.0 Å². The number of carbonyl (C=O) groups excluding carboxylic acids is 1. The fraction of sp³-hybridized carbons (Fsp3) is 0.353. The molecule has 2 aromatic rings. The van der Waals surface area contributed by atoms with Crippen LogP contribution >= 0.6 is 0 Å². The number of nitrogens with two attached hydrogens (primary N) is 1. The molecule has 3 N–H and O–H groups in total. The Labute approximate surface area is 120 Å². The number of hydrogen-bond acceptors (Lipinski definition) is 2. The Hall–Kier alpha value is -1.87. The molecule has 106 valence electrons. The monoisotopic (exact) mass is 270 g/mol. The number of amides is 1. The molecule has 0 bridgehead atoms. The normalized spacial score (nSPS) is 12.3. The van der Waals surface area contributed by atoms with Crippen LogP contribution < -0.4 is 11.1 Å². The highest BCUT2D eigenvalue weighted by atomic mass is 16.1. The molecule has 3 nitrogen and oxygen atoms in total. The van der Waals surface area contributed by atoms with Gasteiger partial charge >= 0.3 is 0 Å². The zero-order valence-electron chi connectivity index (χ0n) is 11.9. The van der Waals surface area contributed by atoms with E-state index in [1.165, 1.54) is 0 Å². The van der Waals surface area contributed by atoms with E-state index in [0.29, 0.717) is 12.1 Å². The molecule has 0 aliphatic rings. The lowest BCUT2D eigenvalue weighted by Crippen LogP contribution is -2.40. The van der Waals surface area contributed by atoms with Crippen molar-refractivity contribution >= 4 is 16.7 Å². The zero-order valence-corrected chi connectivity index (χ0v) is 11.9. The molecule has 0 heterocycles. The molecule has 0 radical (unpaired) electrons. The van der Waals surface area contributed by atoms with Crippen LogP contribution in [0.4, 0.5) is 0 Å². The van der Waals surface area contributed by atoms with Crippen LogP contribution in [-0.4, -0.2) is 18.5 Å². The van der Waals surface area contributed by atoms with Crippen molar-refractivity contribution in [1.29, 1.82) is 0 Å². The maximum Gasteiger partial charge on any atom is 0.251 e. The second kappa shape index (κ2) is 7.06. The van der Waals surface area contributed by atoms with Gasteiger partial charge in [0.05, 0.1) is 0 Å². The van der Waals surface area contributed by atoms with Gasteiger partial charge in [0, 0.05) is 18.2 Å². The minimum absolute atomic E-state index is 0.0395. The van der Waals surface area contributed by atoms with Crippen LogP contribution in [-0.2, 0) is 0 Å². The number of rotatable bonds is 6. The third-order valence-electron chi connectivity index (χ3n) is 3.54. The van der Waals surface area contributed by atoms with Crippen LogP contribution in [0.25, 0.3) is 10.8 Å². The molecule has 0 saturated carbocycles. The predicted molar refractivity (Wildman–Crippen MR) is 83.8 cm³/mol. The summed E-state index contributed by atoms with van der Waals surface area (Å²) in [5.74, 6) is -0.0395. The summed E-state index contributed by atoms with van der Waals surface area (Å²) in [5, 5.41) is 5.24. The van der Waals surface area contributed by atoms with Crippen molar-refractivity contribution in [1.82, 2.24) is 5.32 Å². The maximum atomic E-state index is 12.3. The highest BCUT2D eigenvalue weighted by Crippen LogP contribution is 2.15. The van der Waals surface area contributed by atoms with Gasteiger partial charge < -0.3 is 11.1 Å². The summed E-state index contributed by atoms with van der Waals surface area (Å²) < 4.78 is 0. The van der Waals surface area contributed by atoms with Gasteiger partial charge in [0.15, 0.2) is 0 Å². The zero-order chi connectivity index (χ0) is 14.4. The Bertz CT molecular complexity index is 580. The largest absolute Gasteiger partial charge is 0.348 e. The molecule has 20 heavy (non-hydrogen) atoms. The molecule has 0 aliphatic carbocycles. The first kappa shape index (κ1) is 14.5. The Morgan fingerprint density at radius 3 is 2.65 bits per heavy atom. The molecule has 1 unspecified atom stereocenters. The van der Waals surface area contributed by atoms with Crippen LogP contribution in [0.2, 0.25) is 0 Å². The molecule has 1 atom stereocenters. The number of benzene rings is 2. The van der Waals surface area contributed by atoms with Crippen molar-refractivity contribution in [3.8, 4) is 0 Å². The van der Waals surface area contributed by atoms with Crippen molar-refractivity contribution in [3.63, 3.8) is 0 Å². The van der Waals surface area contributed by atoms with E-state index in [9.17, 15) is 4.79 Å². The van der Waals surface area contributed by atoms with Crippen molar-refractivity contribution in [2.45, 2.75) is 32.2 Å². The third-order valence-corrected chi connectivity index (χ3v) is 3.54. The number of carbonyl (C=O) groups is 1. The van der Waals surface area contributed by atoms with Gasteiger partial charge in [0.2, 0.25) is 0 Å².